The molecule has 0 saturated carbocycles. The van der Waals surface area contributed by atoms with E-state index in [1.54, 1.807) is 36.4 Å². The van der Waals surface area contributed by atoms with Crippen LogP contribution in [0.2, 0.25) is 10.0 Å². The summed E-state index contributed by atoms with van der Waals surface area (Å²) in [7, 11) is 5.38. The lowest BCUT2D eigenvalue weighted by atomic mass is 9.98. The van der Waals surface area contributed by atoms with Gasteiger partial charge in [0.15, 0.2) is 0 Å². The summed E-state index contributed by atoms with van der Waals surface area (Å²) in [5.41, 5.74) is 2.46. The molecule has 0 radical (unpaired) electrons. The molecule has 0 unspecified atom stereocenters. The maximum atomic E-state index is 13.3. The normalized spacial score (nSPS) is 11.4. The van der Waals surface area contributed by atoms with Gasteiger partial charge in [0, 0.05) is 6.42 Å². The van der Waals surface area contributed by atoms with E-state index in [0.717, 1.165) is 5.56 Å². The first-order chi connectivity index (χ1) is 18.7. The molecule has 206 valence electrons. The molecule has 11 heteroatoms. The summed E-state index contributed by atoms with van der Waals surface area (Å²) in [5.74, 6) is -1.19. The Morgan fingerprint density at radius 2 is 1.41 bits per heavy atom. The Hall–Kier alpha value is -3.82. The van der Waals surface area contributed by atoms with Crippen LogP contribution in [-0.4, -0.2) is 52.3 Å². The third-order valence-electron chi connectivity index (χ3n) is 5.88. The zero-order valence-electron chi connectivity index (χ0n) is 21.6. The zero-order chi connectivity index (χ0) is 28.7. The minimum Gasteiger partial charge on any atom is -0.496 e. The molecular weight excluding hydrogens is 552 g/mol. The lowest BCUT2D eigenvalue weighted by Crippen LogP contribution is -2.43. The molecule has 3 aromatic carbocycles. The Labute approximate surface area is 234 Å². The summed E-state index contributed by atoms with van der Waals surface area (Å²) in [6.07, 6.45) is 0.0865. The number of halogens is 3. The van der Waals surface area contributed by atoms with Crippen molar-refractivity contribution in [3.05, 3.63) is 80.8 Å². The third kappa shape index (κ3) is 6.79. The first-order valence-corrected chi connectivity index (χ1v) is 12.3. The summed E-state index contributed by atoms with van der Waals surface area (Å²) in [4.78, 5) is 37.3. The number of amides is 1. The molecule has 0 saturated heterocycles. The number of alkyl halides is 1. The first-order valence-electron chi connectivity index (χ1n) is 11.5. The highest BCUT2D eigenvalue weighted by atomic mass is 35.5. The van der Waals surface area contributed by atoms with Crippen LogP contribution in [0.3, 0.4) is 0 Å². The second-order valence-corrected chi connectivity index (χ2v) is 9.08. The van der Waals surface area contributed by atoms with Crippen LogP contribution in [0.15, 0.2) is 48.5 Å². The maximum absolute atomic E-state index is 13.3. The van der Waals surface area contributed by atoms with Gasteiger partial charge >= 0.3 is 11.9 Å². The lowest BCUT2D eigenvalue weighted by molar-refractivity contribution is -0.142. The molecule has 0 aliphatic heterocycles. The molecule has 0 spiro atoms. The second kappa shape index (κ2) is 13.3. The summed E-state index contributed by atoms with van der Waals surface area (Å²) in [6.45, 7) is -0.668. The number of esters is 2. The molecule has 0 aliphatic carbocycles. The van der Waals surface area contributed by atoms with Crippen LogP contribution in [-0.2, 0) is 27.4 Å². The number of hydrogen-bond acceptors (Lipinski definition) is 7. The number of carbonyl (C=O) groups is 3. The summed E-state index contributed by atoms with van der Waals surface area (Å²) >= 11 is 12.4. The Morgan fingerprint density at radius 1 is 0.846 bits per heavy atom. The van der Waals surface area contributed by atoms with Crippen LogP contribution in [0.4, 0.5) is 4.39 Å². The van der Waals surface area contributed by atoms with Gasteiger partial charge < -0.3 is 24.3 Å². The highest BCUT2D eigenvalue weighted by Crippen LogP contribution is 2.40. The SMILES string of the molecule is COC(=O)c1cc(Cl)c(C(=O)N[C@@H](Cc2ccc(-c3c(OC)cc(CF)cc3OC)cc2)C(=O)OC)c(Cl)c1. The average Bonchev–Trinajstić information content (AvgIpc) is 2.95. The summed E-state index contributed by atoms with van der Waals surface area (Å²) < 4.78 is 33.7. The van der Waals surface area contributed by atoms with E-state index in [-0.39, 0.29) is 27.6 Å². The second-order valence-electron chi connectivity index (χ2n) is 8.27. The zero-order valence-corrected chi connectivity index (χ0v) is 23.1. The van der Waals surface area contributed by atoms with Gasteiger partial charge in [0.2, 0.25) is 0 Å². The molecule has 39 heavy (non-hydrogen) atoms. The Bertz CT molecular complexity index is 1330. The highest BCUT2D eigenvalue weighted by Gasteiger charge is 2.26. The number of benzene rings is 3. The molecule has 0 fully saturated rings. The monoisotopic (exact) mass is 577 g/mol. The number of methoxy groups -OCH3 is 4. The fraction of sp³-hybridized carbons (Fsp3) is 0.250. The van der Waals surface area contributed by atoms with E-state index >= 15 is 0 Å². The molecule has 8 nitrogen and oxygen atoms in total. The van der Waals surface area contributed by atoms with Gasteiger partial charge in [0.05, 0.1) is 55.2 Å². The first kappa shape index (κ1) is 29.7. The molecule has 1 amide bonds. The Kier molecular flexibility index (Phi) is 10.1. The van der Waals surface area contributed by atoms with Crippen LogP contribution < -0.4 is 14.8 Å². The molecule has 0 heterocycles. The van der Waals surface area contributed by atoms with Gasteiger partial charge in [-0.15, -0.1) is 0 Å². The van der Waals surface area contributed by atoms with Crippen LogP contribution in [0.5, 0.6) is 11.5 Å². The predicted molar refractivity (Wildman–Crippen MR) is 145 cm³/mol. The number of hydrogen-bond donors (Lipinski definition) is 1. The molecule has 3 rings (SSSR count). The Balaban J connectivity index is 1.87. The smallest absolute Gasteiger partial charge is 0.337 e. The Morgan fingerprint density at radius 3 is 1.87 bits per heavy atom. The van der Waals surface area contributed by atoms with Crippen molar-refractivity contribution in [3.8, 4) is 22.6 Å². The van der Waals surface area contributed by atoms with Gasteiger partial charge in [0.1, 0.15) is 24.2 Å². The van der Waals surface area contributed by atoms with Crippen molar-refractivity contribution >= 4 is 41.0 Å². The fourth-order valence-corrected chi connectivity index (χ4v) is 4.62. The number of ether oxygens (including phenoxy) is 4. The molecule has 0 aromatic heterocycles. The quantitative estimate of drug-likeness (QED) is 0.320. The van der Waals surface area contributed by atoms with E-state index in [4.69, 9.17) is 37.4 Å². The summed E-state index contributed by atoms with van der Waals surface area (Å²) in [5, 5.41) is 2.42. The van der Waals surface area contributed by atoms with Crippen LogP contribution in [0.25, 0.3) is 11.1 Å². The van der Waals surface area contributed by atoms with Crippen molar-refractivity contribution in [3.63, 3.8) is 0 Å². The standard InChI is InChI=1S/C28H26Cl2FNO7/c1-36-22-10-16(14-31)11-23(37-2)24(22)17-7-5-15(6-8-17)9-21(28(35)39-4)32-26(33)25-19(29)12-18(13-20(25)30)27(34)38-3/h5-8,10-13,21H,9,14H2,1-4H3,(H,32,33)/t21-/m0/s1. The molecule has 1 atom stereocenters. The fourth-order valence-electron chi connectivity index (χ4n) is 3.96. The molecule has 3 aromatic rings. The van der Waals surface area contributed by atoms with Crippen molar-refractivity contribution in [1.82, 2.24) is 5.32 Å². The van der Waals surface area contributed by atoms with Crippen LogP contribution >= 0.6 is 23.2 Å². The molecule has 0 bridgehead atoms. The number of nitrogens with one attached hydrogen (secondary N) is 1. The van der Waals surface area contributed by atoms with Gasteiger partial charge in [-0.2, -0.15) is 0 Å². The third-order valence-corrected chi connectivity index (χ3v) is 6.48. The maximum Gasteiger partial charge on any atom is 0.337 e. The van der Waals surface area contributed by atoms with Gasteiger partial charge in [0.25, 0.3) is 5.91 Å². The molecule has 0 aliphatic rings. The minimum atomic E-state index is -1.08. The van der Waals surface area contributed by atoms with E-state index in [9.17, 15) is 18.8 Å². The van der Waals surface area contributed by atoms with E-state index in [1.807, 2.05) is 0 Å². The van der Waals surface area contributed by atoms with Crippen molar-refractivity contribution < 1.29 is 37.7 Å². The molecule has 1 N–H and O–H groups in total. The van der Waals surface area contributed by atoms with Crippen LogP contribution in [0.1, 0.15) is 31.8 Å². The summed E-state index contributed by atoms with van der Waals surface area (Å²) in [6, 6.07) is 11.8. The number of rotatable bonds is 10. The van der Waals surface area contributed by atoms with Gasteiger partial charge in [-0.05, 0) is 41.0 Å². The van der Waals surface area contributed by atoms with Gasteiger partial charge in [-0.25, -0.2) is 14.0 Å². The van der Waals surface area contributed by atoms with Crippen molar-refractivity contribution in [1.29, 1.82) is 0 Å². The topological polar surface area (TPSA) is 100 Å². The van der Waals surface area contributed by atoms with Crippen LogP contribution in [0, 0.1) is 0 Å². The minimum absolute atomic E-state index is 0.0706. The predicted octanol–water partition coefficient (Wildman–Crippen LogP) is 5.45. The van der Waals surface area contributed by atoms with Gasteiger partial charge in [-0.3, -0.25) is 4.79 Å². The van der Waals surface area contributed by atoms with E-state index in [1.165, 1.54) is 40.6 Å². The van der Waals surface area contributed by atoms with Crippen molar-refractivity contribution in [2.45, 2.75) is 19.1 Å². The van der Waals surface area contributed by atoms with E-state index in [0.29, 0.717) is 28.2 Å². The molecular formula is C28H26Cl2FNO7. The van der Waals surface area contributed by atoms with Gasteiger partial charge in [-0.1, -0.05) is 47.5 Å². The van der Waals surface area contributed by atoms with E-state index < -0.39 is 30.6 Å². The lowest BCUT2D eigenvalue weighted by Gasteiger charge is -2.19. The van der Waals surface area contributed by atoms with E-state index in [2.05, 4.69) is 10.1 Å². The average molecular weight is 578 g/mol. The van der Waals surface area contributed by atoms with Crippen molar-refractivity contribution in [2.75, 3.05) is 28.4 Å². The number of carbonyl (C=O) groups excluding carboxylic acids is 3. The van der Waals surface area contributed by atoms with Crippen molar-refractivity contribution in [2.24, 2.45) is 0 Å². The largest absolute Gasteiger partial charge is 0.496 e. The highest BCUT2D eigenvalue weighted by molar-refractivity contribution is 6.40.